The van der Waals surface area contributed by atoms with E-state index in [4.69, 9.17) is 25.8 Å². The van der Waals surface area contributed by atoms with E-state index in [1.165, 1.54) is 0 Å². The summed E-state index contributed by atoms with van der Waals surface area (Å²) in [4.78, 5) is 11.8. The van der Waals surface area contributed by atoms with Crippen LogP contribution < -0.4 is 14.2 Å². The molecule has 2 unspecified atom stereocenters. The van der Waals surface area contributed by atoms with Crippen LogP contribution in [0.5, 0.6) is 17.2 Å². The molecule has 0 amide bonds. The van der Waals surface area contributed by atoms with Crippen molar-refractivity contribution in [3.63, 3.8) is 0 Å². The van der Waals surface area contributed by atoms with Gasteiger partial charge in [-0.1, -0.05) is 49.9 Å². The second kappa shape index (κ2) is 9.00. The zero-order chi connectivity index (χ0) is 19.2. The van der Waals surface area contributed by atoms with Crippen molar-refractivity contribution >= 4 is 17.6 Å². The number of benzene rings is 2. The van der Waals surface area contributed by atoms with E-state index in [9.17, 15) is 9.90 Å². The second-order valence-corrected chi connectivity index (χ2v) is 6.89. The number of rotatable bonds is 8. The number of carboxylic acid groups (broad SMARTS) is 1. The van der Waals surface area contributed by atoms with Gasteiger partial charge in [0.25, 0.3) is 0 Å². The van der Waals surface area contributed by atoms with Gasteiger partial charge in [0.15, 0.2) is 17.6 Å². The van der Waals surface area contributed by atoms with Gasteiger partial charge in [-0.25, -0.2) is 4.79 Å². The van der Waals surface area contributed by atoms with Crippen molar-refractivity contribution in [1.82, 2.24) is 0 Å². The number of unbranched alkanes of at least 4 members (excludes halogenated alkanes) is 3. The Balaban J connectivity index is 1.86. The number of hydrogen-bond acceptors (Lipinski definition) is 4. The number of carbonyl (C=O) groups is 1. The van der Waals surface area contributed by atoms with Gasteiger partial charge in [-0.2, -0.15) is 0 Å². The van der Waals surface area contributed by atoms with E-state index in [2.05, 4.69) is 6.92 Å². The number of para-hydroxylation sites is 2. The third-order valence-corrected chi connectivity index (χ3v) is 4.64. The summed E-state index contributed by atoms with van der Waals surface area (Å²) >= 11 is 6.17. The van der Waals surface area contributed by atoms with Crippen LogP contribution in [0, 0.1) is 0 Å². The summed E-state index contributed by atoms with van der Waals surface area (Å²) < 4.78 is 17.6. The standard InChI is InChI=1S/C21H23ClO5/c1-2-3-4-7-12-25-16-11-10-14(22)13-15(16)19-20(21(23)24)27-18-9-6-5-8-17(18)26-19/h5-6,8-11,13,19-20H,2-4,7,12H2,1H3,(H,23,24). The predicted octanol–water partition coefficient (Wildman–Crippen LogP) is 5.26. The SMILES string of the molecule is CCCCCCOc1ccc(Cl)cc1C1Oc2ccccc2OC1C(=O)O. The van der Waals surface area contributed by atoms with Crippen LogP contribution in [0.1, 0.15) is 44.3 Å². The first kappa shape index (κ1) is 19.4. The molecule has 2 aromatic carbocycles. The lowest BCUT2D eigenvalue weighted by Crippen LogP contribution is -2.39. The number of carboxylic acids is 1. The summed E-state index contributed by atoms with van der Waals surface area (Å²) in [5.41, 5.74) is 0.569. The Kier molecular flexibility index (Phi) is 6.45. The molecule has 0 fully saturated rings. The van der Waals surface area contributed by atoms with Crippen LogP contribution in [0.3, 0.4) is 0 Å². The second-order valence-electron chi connectivity index (χ2n) is 6.45. The first-order chi connectivity index (χ1) is 13.1. The largest absolute Gasteiger partial charge is 0.493 e. The topological polar surface area (TPSA) is 65.0 Å². The fourth-order valence-electron chi connectivity index (χ4n) is 3.03. The molecular weight excluding hydrogens is 368 g/mol. The summed E-state index contributed by atoms with van der Waals surface area (Å²) in [5, 5.41) is 10.1. The van der Waals surface area contributed by atoms with Crippen molar-refractivity contribution in [3.05, 3.63) is 53.1 Å². The molecule has 3 rings (SSSR count). The Hall–Kier alpha value is -2.40. The van der Waals surface area contributed by atoms with Gasteiger partial charge in [0.05, 0.1) is 6.61 Å². The van der Waals surface area contributed by atoms with Crippen molar-refractivity contribution in [1.29, 1.82) is 0 Å². The molecule has 2 aromatic rings. The maximum absolute atomic E-state index is 11.8. The van der Waals surface area contributed by atoms with Gasteiger partial charge in [0, 0.05) is 10.6 Å². The predicted molar refractivity (Wildman–Crippen MR) is 103 cm³/mol. The lowest BCUT2D eigenvalue weighted by Gasteiger charge is -2.32. The molecule has 0 radical (unpaired) electrons. The van der Waals surface area contributed by atoms with Crippen LogP contribution in [-0.2, 0) is 4.79 Å². The van der Waals surface area contributed by atoms with E-state index in [-0.39, 0.29) is 0 Å². The maximum atomic E-state index is 11.8. The highest BCUT2D eigenvalue weighted by atomic mass is 35.5. The Morgan fingerprint density at radius 2 is 1.85 bits per heavy atom. The average molecular weight is 391 g/mol. The molecular formula is C21H23ClO5. The monoisotopic (exact) mass is 390 g/mol. The van der Waals surface area contributed by atoms with Gasteiger partial charge in [0.2, 0.25) is 6.10 Å². The first-order valence-corrected chi connectivity index (χ1v) is 9.55. The van der Waals surface area contributed by atoms with E-state index >= 15 is 0 Å². The van der Waals surface area contributed by atoms with Gasteiger partial charge in [0.1, 0.15) is 5.75 Å². The number of hydrogen-bond donors (Lipinski definition) is 1. The maximum Gasteiger partial charge on any atom is 0.349 e. The molecule has 5 nitrogen and oxygen atoms in total. The average Bonchev–Trinajstić information content (AvgIpc) is 2.67. The zero-order valence-electron chi connectivity index (χ0n) is 15.2. The molecule has 1 aliphatic heterocycles. The normalized spacial score (nSPS) is 18.1. The highest BCUT2D eigenvalue weighted by Crippen LogP contribution is 2.42. The highest BCUT2D eigenvalue weighted by Gasteiger charge is 2.39. The van der Waals surface area contributed by atoms with E-state index in [0.29, 0.717) is 34.4 Å². The van der Waals surface area contributed by atoms with Crippen LogP contribution in [0.4, 0.5) is 0 Å². The van der Waals surface area contributed by atoms with Crippen LogP contribution in [0.25, 0.3) is 0 Å². The lowest BCUT2D eigenvalue weighted by atomic mass is 10.0. The summed E-state index contributed by atoms with van der Waals surface area (Å²) in [6.07, 6.45) is 2.28. The van der Waals surface area contributed by atoms with Crippen molar-refractivity contribution in [2.45, 2.75) is 44.8 Å². The molecule has 1 aliphatic rings. The Labute approximate surface area is 163 Å². The quantitative estimate of drug-likeness (QED) is 0.622. The lowest BCUT2D eigenvalue weighted by molar-refractivity contribution is -0.151. The minimum Gasteiger partial charge on any atom is -0.493 e. The molecule has 0 saturated carbocycles. The van der Waals surface area contributed by atoms with Gasteiger partial charge in [-0.05, 0) is 36.8 Å². The van der Waals surface area contributed by atoms with Crippen LogP contribution >= 0.6 is 11.6 Å². The summed E-state index contributed by atoms with van der Waals surface area (Å²) in [6, 6.07) is 12.2. The van der Waals surface area contributed by atoms with Gasteiger partial charge < -0.3 is 19.3 Å². The minimum atomic E-state index is -1.19. The first-order valence-electron chi connectivity index (χ1n) is 9.17. The fourth-order valence-corrected chi connectivity index (χ4v) is 3.21. The number of halogens is 1. The minimum absolute atomic E-state index is 0.408. The van der Waals surface area contributed by atoms with Gasteiger partial charge >= 0.3 is 5.97 Å². The third kappa shape index (κ3) is 4.66. The smallest absolute Gasteiger partial charge is 0.349 e. The van der Waals surface area contributed by atoms with Crippen LogP contribution in [0.2, 0.25) is 5.02 Å². The van der Waals surface area contributed by atoms with Crippen molar-refractivity contribution in [3.8, 4) is 17.2 Å². The van der Waals surface area contributed by atoms with Crippen LogP contribution in [0.15, 0.2) is 42.5 Å². The third-order valence-electron chi connectivity index (χ3n) is 4.41. The van der Waals surface area contributed by atoms with Crippen molar-refractivity contribution in [2.75, 3.05) is 6.61 Å². The van der Waals surface area contributed by atoms with Crippen molar-refractivity contribution in [2.24, 2.45) is 0 Å². The molecule has 27 heavy (non-hydrogen) atoms. The highest BCUT2D eigenvalue weighted by molar-refractivity contribution is 6.30. The van der Waals surface area contributed by atoms with E-state index in [0.717, 1.165) is 25.7 Å². The van der Waals surface area contributed by atoms with E-state index in [1.54, 1.807) is 36.4 Å². The number of ether oxygens (including phenoxy) is 3. The van der Waals surface area contributed by atoms with E-state index in [1.807, 2.05) is 6.07 Å². The molecule has 0 spiro atoms. The summed E-state index contributed by atoms with van der Waals surface area (Å²) in [6.45, 7) is 2.71. The molecule has 0 aromatic heterocycles. The summed E-state index contributed by atoms with van der Waals surface area (Å²) in [7, 11) is 0. The Morgan fingerprint density at radius 1 is 1.11 bits per heavy atom. The molecule has 0 bridgehead atoms. The Bertz CT molecular complexity index is 792. The summed E-state index contributed by atoms with van der Waals surface area (Å²) in [5.74, 6) is 0.359. The fraction of sp³-hybridized carbons (Fsp3) is 0.381. The van der Waals surface area contributed by atoms with E-state index < -0.39 is 18.2 Å². The molecule has 0 saturated heterocycles. The van der Waals surface area contributed by atoms with Crippen LogP contribution in [-0.4, -0.2) is 23.8 Å². The number of fused-ring (bicyclic) bond motifs is 1. The van der Waals surface area contributed by atoms with Gasteiger partial charge in [-0.15, -0.1) is 0 Å². The molecule has 1 heterocycles. The van der Waals surface area contributed by atoms with Crippen molar-refractivity contribution < 1.29 is 24.1 Å². The molecule has 144 valence electrons. The zero-order valence-corrected chi connectivity index (χ0v) is 15.9. The molecule has 2 atom stereocenters. The van der Waals surface area contributed by atoms with Gasteiger partial charge in [-0.3, -0.25) is 0 Å². The molecule has 6 heteroatoms. The molecule has 1 N–H and O–H groups in total. The number of aliphatic carboxylic acids is 1. The molecule has 0 aliphatic carbocycles. The Morgan fingerprint density at radius 3 is 2.56 bits per heavy atom.